The summed E-state index contributed by atoms with van der Waals surface area (Å²) in [5.74, 6) is -20.6. The summed E-state index contributed by atoms with van der Waals surface area (Å²) in [6, 6.07) is 0. The molecule has 16 heteroatoms. The second kappa shape index (κ2) is 13.0. The molecule has 212 valence electrons. The summed E-state index contributed by atoms with van der Waals surface area (Å²) in [5, 5.41) is -7.11. The summed E-state index contributed by atoms with van der Waals surface area (Å²) in [6.07, 6.45) is -3.90. The number of hydrogen-bond donors (Lipinski definition) is 0. The summed E-state index contributed by atoms with van der Waals surface area (Å²) in [7, 11) is -7.47. The first-order chi connectivity index (χ1) is 15.9. The molecule has 0 aromatic rings. The van der Waals surface area contributed by atoms with Gasteiger partial charge in [-0.2, -0.15) is 48.3 Å². The van der Waals surface area contributed by atoms with Crippen LogP contribution in [0.2, 0.25) is 0 Å². The van der Waals surface area contributed by atoms with E-state index < -0.39 is 58.6 Å². The van der Waals surface area contributed by atoms with E-state index >= 15 is 0 Å². The van der Waals surface area contributed by atoms with Gasteiger partial charge in [0.1, 0.15) is 0 Å². The topological polar surface area (TPSA) is 57.2 Å². The van der Waals surface area contributed by atoms with Crippen molar-refractivity contribution in [3.05, 3.63) is 50.6 Å². The SMILES string of the molecule is C=CC[N+](CC=C)(CC=C)CC=C.O=S(=O)([O-])C(F)(F)C(F)(F)C(F)(F)C(F)(F)CCCC(F)(F)F. The van der Waals surface area contributed by atoms with Crippen molar-refractivity contribution in [2.24, 2.45) is 0 Å². The first-order valence-electron chi connectivity index (χ1n) is 9.77. The van der Waals surface area contributed by atoms with Crippen LogP contribution in [0.3, 0.4) is 0 Å². The standard InChI is InChI=1S/C12H20N.C8H7F11O3S/c1-5-9-13(10-6-2,11-7-3)12-8-4;9-4(10,2-1-3-5(11,12)13)6(14,15)7(16,17)8(18,19)23(20,21)22/h5-8H,1-4,9-12H2;1-3H2,(H,20,21,22)/q+1;/p-1. The molecular weight excluding hydrogens is 543 g/mol. The lowest BCUT2D eigenvalue weighted by molar-refractivity contribution is -0.906. The molecule has 0 radical (unpaired) electrons. The molecule has 0 aliphatic carbocycles. The van der Waals surface area contributed by atoms with Crippen LogP contribution >= 0.6 is 0 Å². The third-order valence-corrected chi connectivity index (χ3v) is 5.43. The average Bonchev–Trinajstić information content (AvgIpc) is 2.66. The van der Waals surface area contributed by atoms with Crippen LogP contribution in [0, 0.1) is 0 Å². The van der Waals surface area contributed by atoms with E-state index in [1.807, 2.05) is 24.3 Å². The maximum absolute atomic E-state index is 13.0. The van der Waals surface area contributed by atoms with Crippen LogP contribution in [0.25, 0.3) is 0 Å². The smallest absolute Gasteiger partial charge is 0.402 e. The van der Waals surface area contributed by atoms with E-state index in [-0.39, 0.29) is 0 Å². The summed E-state index contributed by atoms with van der Waals surface area (Å²) < 4.78 is 168. The van der Waals surface area contributed by atoms with Crippen LogP contribution in [-0.2, 0) is 10.1 Å². The van der Waals surface area contributed by atoms with Crippen LogP contribution in [-0.4, -0.2) is 72.8 Å². The second-order valence-corrected chi connectivity index (χ2v) is 8.94. The summed E-state index contributed by atoms with van der Waals surface area (Å²) >= 11 is 0. The van der Waals surface area contributed by atoms with Crippen LogP contribution in [0.5, 0.6) is 0 Å². The minimum absolute atomic E-state index is 0.903. The van der Waals surface area contributed by atoms with Gasteiger partial charge in [0.15, 0.2) is 10.1 Å². The van der Waals surface area contributed by atoms with E-state index in [0.29, 0.717) is 0 Å². The summed E-state index contributed by atoms with van der Waals surface area (Å²) in [5.41, 5.74) is 0. The second-order valence-electron chi connectivity index (χ2n) is 7.52. The fourth-order valence-corrected chi connectivity index (χ4v) is 3.22. The lowest BCUT2D eigenvalue weighted by atomic mass is 9.99. The van der Waals surface area contributed by atoms with Gasteiger partial charge in [-0.15, -0.1) is 0 Å². The average molecular weight is 569 g/mol. The normalized spacial score (nSPS) is 13.9. The van der Waals surface area contributed by atoms with Crippen molar-refractivity contribution in [2.45, 2.75) is 48.5 Å². The van der Waals surface area contributed by atoms with Crippen LogP contribution < -0.4 is 0 Å². The highest BCUT2D eigenvalue weighted by molar-refractivity contribution is 7.86. The van der Waals surface area contributed by atoms with E-state index in [1.54, 1.807) is 0 Å². The van der Waals surface area contributed by atoms with Crippen molar-refractivity contribution in [1.82, 2.24) is 0 Å². The molecular formula is C20H26F11NO3S. The monoisotopic (exact) mass is 569 g/mol. The van der Waals surface area contributed by atoms with Gasteiger partial charge in [-0.25, -0.2) is 8.42 Å². The molecule has 0 unspecified atom stereocenters. The molecule has 0 heterocycles. The summed E-state index contributed by atoms with van der Waals surface area (Å²) in [4.78, 5) is 0. The highest BCUT2D eigenvalue weighted by atomic mass is 32.2. The van der Waals surface area contributed by atoms with Gasteiger partial charge >= 0.3 is 29.2 Å². The zero-order chi connectivity index (χ0) is 29.3. The Morgan fingerprint density at radius 2 is 0.972 bits per heavy atom. The van der Waals surface area contributed by atoms with Gasteiger partial charge < -0.3 is 9.04 Å². The molecule has 0 saturated heterocycles. The van der Waals surface area contributed by atoms with Gasteiger partial charge in [0, 0.05) is 12.8 Å². The van der Waals surface area contributed by atoms with Crippen molar-refractivity contribution in [3.63, 3.8) is 0 Å². The molecule has 0 aromatic carbocycles. The van der Waals surface area contributed by atoms with Crippen LogP contribution in [0.15, 0.2) is 50.6 Å². The Bertz CT molecular complexity index is 808. The van der Waals surface area contributed by atoms with E-state index in [9.17, 15) is 61.3 Å². The lowest BCUT2D eigenvalue weighted by Crippen LogP contribution is -2.64. The quantitative estimate of drug-likeness (QED) is 0.101. The molecule has 0 aromatic heterocycles. The third kappa shape index (κ3) is 9.18. The van der Waals surface area contributed by atoms with Crippen molar-refractivity contribution in [2.75, 3.05) is 26.2 Å². The minimum atomic E-state index is -7.47. The van der Waals surface area contributed by atoms with Gasteiger partial charge in [-0.3, -0.25) is 0 Å². The number of hydrogen-bond acceptors (Lipinski definition) is 3. The first-order valence-corrected chi connectivity index (χ1v) is 11.2. The number of halogens is 11. The zero-order valence-corrected chi connectivity index (χ0v) is 19.6. The van der Waals surface area contributed by atoms with E-state index in [2.05, 4.69) is 26.3 Å². The molecule has 0 fully saturated rings. The fraction of sp³-hybridized carbons (Fsp3) is 0.600. The molecule has 0 atom stereocenters. The molecule has 36 heavy (non-hydrogen) atoms. The molecule has 0 saturated carbocycles. The fourth-order valence-electron chi connectivity index (χ4n) is 2.78. The van der Waals surface area contributed by atoms with Crippen molar-refractivity contribution >= 4 is 10.1 Å². The number of quaternary nitrogens is 1. The third-order valence-electron chi connectivity index (χ3n) is 4.55. The van der Waals surface area contributed by atoms with E-state index in [1.165, 1.54) is 0 Å². The molecule has 0 aliphatic rings. The van der Waals surface area contributed by atoms with Gasteiger partial charge in [0.25, 0.3) is 0 Å². The van der Waals surface area contributed by atoms with Crippen molar-refractivity contribution < 1.29 is 65.7 Å². The highest BCUT2D eigenvalue weighted by Crippen LogP contribution is 2.55. The number of rotatable bonds is 15. The van der Waals surface area contributed by atoms with Crippen LogP contribution in [0.1, 0.15) is 19.3 Å². The largest absolute Gasteiger partial charge is 0.743 e. The number of nitrogens with zero attached hydrogens (tertiary/aromatic N) is 1. The van der Waals surface area contributed by atoms with E-state index in [4.69, 9.17) is 0 Å². The lowest BCUT2D eigenvalue weighted by Gasteiger charge is -2.37. The maximum atomic E-state index is 13.0. The maximum Gasteiger partial charge on any atom is 0.402 e. The van der Waals surface area contributed by atoms with Crippen molar-refractivity contribution in [3.8, 4) is 0 Å². The molecule has 0 bridgehead atoms. The Labute approximate surface area is 201 Å². The van der Waals surface area contributed by atoms with E-state index in [0.717, 1.165) is 30.7 Å². The molecule has 0 rings (SSSR count). The van der Waals surface area contributed by atoms with Gasteiger partial charge in [0.05, 0.1) is 26.2 Å². The molecule has 0 spiro atoms. The predicted octanol–water partition coefficient (Wildman–Crippen LogP) is 6.31. The Morgan fingerprint density at radius 1 is 0.639 bits per heavy atom. The van der Waals surface area contributed by atoms with Crippen molar-refractivity contribution in [1.29, 1.82) is 0 Å². The van der Waals surface area contributed by atoms with Gasteiger partial charge in [0.2, 0.25) is 0 Å². The molecule has 4 nitrogen and oxygen atoms in total. The first kappa shape index (κ1) is 36.2. The molecule has 0 amide bonds. The Kier molecular flexibility index (Phi) is 13.1. The Hall–Kier alpha value is -1.94. The molecule has 0 aliphatic heterocycles. The van der Waals surface area contributed by atoms with Crippen LogP contribution in [0.4, 0.5) is 48.3 Å². The molecule has 0 N–H and O–H groups in total. The minimum Gasteiger partial charge on any atom is -0.743 e. The predicted molar refractivity (Wildman–Crippen MR) is 110 cm³/mol. The van der Waals surface area contributed by atoms with Gasteiger partial charge in [-0.05, 0) is 30.7 Å². The Morgan fingerprint density at radius 3 is 1.22 bits per heavy atom. The Balaban J connectivity index is 0. The number of alkyl halides is 11. The van der Waals surface area contributed by atoms with Gasteiger partial charge in [-0.1, -0.05) is 26.3 Å². The highest BCUT2D eigenvalue weighted by Gasteiger charge is 2.82. The zero-order valence-electron chi connectivity index (χ0n) is 18.8. The summed E-state index contributed by atoms with van der Waals surface area (Å²) in [6.45, 7) is 18.8.